The highest BCUT2D eigenvalue weighted by Crippen LogP contribution is 2.62. The Kier molecular flexibility index (Phi) is 6.10. The van der Waals surface area contributed by atoms with Gasteiger partial charge in [0.25, 0.3) is 0 Å². The van der Waals surface area contributed by atoms with Crippen LogP contribution in [0.4, 0.5) is 0 Å². The second-order valence-electron chi connectivity index (χ2n) is 13.3. The number of rotatable bonds is 3. The van der Waals surface area contributed by atoms with Crippen LogP contribution in [0.2, 0.25) is 0 Å². The number of hydrogen-bond acceptors (Lipinski definition) is 4. The molecule has 11 rings (SSSR count). The van der Waals surface area contributed by atoms with Crippen LogP contribution in [-0.2, 0) is 5.41 Å². The average molecular weight is 669 g/mol. The fraction of sp³-hybridized carbons (Fsp3) is 0.0213. The maximum absolute atomic E-state index is 6.75. The molecule has 1 aliphatic carbocycles. The first-order valence-electron chi connectivity index (χ1n) is 17.2. The lowest BCUT2D eigenvalue weighted by Crippen LogP contribution is -2.31. The number of hydrogen-bond donors (Lipinski definition) is 0. The SMILES string of the molecule is c1ccc(-c2cc(-c3ccc4c(c3)oc3cc5c(cc34)C3(c4ccccc4Sc4ccccc43)c3ccccc3-5)nc(-c3ccccc3)n2)cc1. The monoisotopic (exact) mass is 668 g/mol. The fourth-order valence-electron chi connectivity index (χ4n) is 8.35. The lowest BCUT2D eigenvalue weighted by molar-refractivity contribution is 0.668. The maximum atomic E-state index is 6.75. The zero-order chi connectivity index (χ0) is 33.5. The van der Waals surface area contributed by atoms with Gasteiger partial charge in [0.2, 0.25) is 0 Å². The summed E-state index contributed by atoms with van der Waals surface area (Å²) in [4.78, 5) is 12.7. The molecule has 7 aromatic carbocycles. The van der Waals surface area contributed by atoms with Crippen molar-refractivity contribution in [1.29, 1.82) is 0 Å². The Morgan fingerprint density at radius 1 is 0.412 bits per heavy atom. The van der Waals surface area contributed by atoms with Gasteiger partial charge < -0.3 is 4.42 Å². The molecule has 0 N–H and O–H groups in total. The first-order chi connectivity index (χ1) is 25.3. The lowest BCUT2D eigenvalue weighted by atomic mass is 9.67. The van der Waals surface area contributed by atoms with Crippen LogP contribution in [0.1, 0.15) is 22.3 Å². The van der Waals surface area contributed by atoms with E-state index in [4.69, 9.17) is 14.4 Å². The number of nitrogens with zero attached hydrogens (tertiary/aromatic N) is 2. The minimum atomic E-state index is -0.426. The number of benzene rings is 7. The van der Waals surface area contributed by atoms with Gasteiger partial charge in [0.05, 0.1) is 16.8 Å². The maximum Gasteiger partial charge on any atom is 0.160 e. The van der Waals surface area contributed by atoms with Crippen molar-refractivity contribution in [3.63, 3.8) is 0 Å². The van der Waals surface area contributed by atoms with Crippen molar-refractivity contribution in [3.8, 4) is 45.0 Å². The van der Waals surface area contributed by atoms with Gasteiger partial charge in [-0.25, -0.2) is 9.97 Å². The second kappa shape index (κ2) is 10.9. The zero-order valence-corrected chi connectivity index (χ0v) is 28.2. The van der Waals surface area contributed by atoms with E-state index in [1.807, 2.05) is 48.2 Å². The second-order valence-corrected chi connectivity index (χ2v) is 14.4. The summed E-state index contributed by atoms with van der Waals surface area (Å²) in [6, 6.07) is 60.5. The molecule has 3 nitrogen and oxygen atoms in total. The topological polar surface area (TPSA) is 38.9 Å². The van der Waals surface area contributed by atoms with Gasteiger partial charge in [0.15, 0.2) is 5.82 Å². The van der Waals surface area contributed by atoms with E-state index in [9.17, 15) is 0 Å². The van der Waals surface area contributed by atoms with Gasteiger partial charge in [-0.15, -0.1) is 0 Å². The molecule has 0 fully saturated rings. The molecule has 0 amide bonds. The highest BCUT2D eigenvalue weighted by molar-refractivity contribution is 7.99. The molecule has 2 aliphatic rings. The summed E-state index contributed by atoms with van der Waals surface area (Å²) in [5.41, 5.74) is 13.8. The molecule has 0 saturated heterocycles. The van der Waals surface area contributed by atoms with Crippen LogP contribution in [0.5, 0.6) is 0 Å². The van der Waals surface area contributed by atoms with E-state index in [1.54, 1.807) is 0 Å². The molecule has 4 heteroatoms. The predicted molar refractivity (Wildman–Crippen MR) is 207 cm³/mol. The van der Waals surface area contributed by atoms with Gasteiger partial charge in [-0.1, -0.05) is 139 Å². The summed E-state index contributed by atoms with van der Waals surface area (Å²) in [5.74, 6) is 0.697. The molecule has 0 atom stereocenters. The van der Waals surface area contributed by atoms with E-state index < -0.39 is 5.41 Å². The summed E-state index contributed by atoms with van der Waals surface area (Å²) in [6.07, 6.45) is 0. The quantitative estimate of drug-likeness (QED) is 0.188. The molecule has 0 radical (unpaired) electrons. The van der Waals surface area contributed by atoms with Gasteiger partial charge in [0, 0.05) is 37.3 Å². The zero-order valence-electron chi connectivity index (χ0n) is 27.4. The van der Waals surface area contributed by atoms with E-state index in [0.717, 1.165) is 50.0 Å². The highest BCUT2D eigenvalue weighted by atomic mass is 32.2. The van der Waals surface area contributed by atoms with Crippen molar-refractivity contribution in [2.24, 2.45) is 0 Å². The van der Waals surface area contributed by atoms with Crippen molar-refractivity contribution >= 4 is 33.7 Å². The molecule has 238 valence electrons. The van der Waals surface area contributed by atoms with Crippen molar-refractivity contribution in [2.45, 2.75) is 15.2 Å². The van der Waals surface area contributed by atoms with Gasteiger partial charge in [-0.2, -0.15) is 0 Å². The van der Waals surface area contributed by atoms with E-state index in [-0.39, 0.29) is 0 Å². The van der Waals surface area contributed by atoms with Gasteiger partial charge in [-0.3, -0.25) is 0 Å². The third-order valence-electron chi connectivity index (χ3n) is 10.6. The summed E-state index contributed by atoms with van der Waals surface area (Å²) in [6.45, 7) is 0. The normalized spacial score (nSPS) is 13.6. The van der Waals surface area contributed by atoms with Crippen LogP contribution >= 0.6 is 11.8 Å². The van der Waals surface area contributed by atoms with Crippen LogP contribution in [0.3, 0.4) is 0 Å². The smallest absolute Gasteiger partial charge is 0.160 e. The average Bonchev–Trinajstić information content (AvgIpc) is 3.70. The van der Waals surface area contributed by atoms with Crippen LogP contribution in [0.25, 0.3) is 67.0 Å². The predicted octanol–water partition coefficient (Wildman–Crippen LogP) is 12.2. The number of fused-ring (bicyclic) bond motifs is 12. The van der Waals surface area contributed by atoms with E-state index in [0.29, 0.717) is 5.82 Å². The minimum Gasteiger partial charge on any atom is -0.456 e. The number of furan rings is 1. The molecule has 1 aliphatic heterocycles. The molecule has 0 saturated carbocycles. The van der Waals surface area contributed by atoms with E-state index >= 15 is 0 Å². The summed E-state index contributed by atoms with van der Waals surface area (Å²) < 4.78 is 6.75. The van der Waals surface area contributed by atoms with Gasteiger partial charge in [0.1, 0.15) is 11.2 Å². The minimum absolute atomic E-state index is 0.426. The molecular weight excluding hydrogens is 641 g/mol. The molecule has 9 aromatic rings. The Labute approximate surface area is 299 Å². The van der Waals surface area contributed by atoms with Crippen molar-refractivity contribution in [3.05, 3.63) is 192 Å². The summed E-state index contributed by atoms with van der Waals surface area (Å²) in [7, 11) is 0. The van der Waals surface area contributed by atoms with E-state index in [1.165, 1.54) is 43.2 Å². The van der Waals surface area contributed by atoms with Crippen molar-refractivity contribution < 1.29 is 4.42 Å². The first-order valence-corrected chi connectivity index (χ1v) is 18.1. The molecule has 0 bridgehead atoms. The Morgan fingerprint density at radius 2 is 1.00 bits per heavy atom. The third kappa shape index (κ3) is 4.14. The number of aromatic nitrogens is 2. The Hall–Kier alpha value is -6.23. The lowest BCUT2D eigenvalue weighted by Gasteiger charge is -2.39. The standard InChI is InChI=1S/C47H28N2OS/c1-3-13-29(14-4-1)40-28-41(49-46(48-40)30-15-5-2-6-16-30)31-23-24-33-35-26-39-34(27-43(35)50-42(33)25-31)32-17-7-8-18-36(32)47(39)37-19-9-11-21-44(37)51-45-22-12-10-20-38(45)47/h1-28H. The molecule has 2 aromatic heterocycles. The highest BCUT2D eigenvalue weighted by Gasteiger charge is 2.50. The van der Waals surface area contributed by atoms with Crippen LogP contribution in [0, 0.1) is 0 Å². The molecule has 51 heavy (non-hydrogen) atoms. The molecule has 1 spiro atoms. The van der Waals surface area contributed by atoms with Crippen LogP contribution in [0.15, 0.2) is 184 Å². The summed E-state index contributed by atoms with van der Waals surface area (Å²) in [5, 5.41) is 2.21. The van der Waals surface area contributed by atoms with Crippen LogP contribution in [-0.4, -0.2) is 9.97 Å². The largest absolute Gasteiger partial charge is 0.456 e. The summed E-state index contributed by atoms with van der Waals surface area (Å²) >= 11 is 1.87. The Bertz CT molecular complexity index is 2740. The van der Waals surface area contributed by atoms with Gasteiger partial charge >= 0.3 is 0 Å². The van der Waals surface area contributed by atoms with E-state index in [2.05, 4.69) is 133 Å². The third-order valence-corrected chi connectivity index (χ3v) is 11.7. The fourth-order valence-corrected chi connectivity index (χ4v) is 9.54. The Morgan fingerprint density at radius 3 is 1.73 bits per heavy atom. The van der Waals surface area contributed by atoms with Crippen molar-refractivity contribution in [1.82, 2.24) is 9.97 Å². The molecule has 3 heterocycles. The molecular formula is C47H28N2OS. The Balaban J connectivity index is 1.13. The van der Waals surface area contributed by atoms with Crippen LogP contribution < -0.4 is 0 Å². The first kappa shape index (κ1) is 28.6. The van der Waals surface area contributed by atoms with Gasteiger partial charge in [-0.05, 0) is 75.8 Å². The molecule has 0 unspecified atom stereocenters. The van der Waals surface area contributed by atoms with Crippen molar-refractivity contribution in [2.75, 3.05) is 0 Å².